The Hall–Kier alpha value is -2.89. The highest BCUT2D eigenvalue weighted by Gasteiger charge is 2.12. The fourth-order valence-electron chi connectivity index (χ4n) is 2.26. The van der Waals surface area contributed by atoms with Crippen molar-refractivity contribution in [3.63, 3.8) is 0 Å². The minimum absolute atomic E-state index is 0.215. The van der Waals surface area contributed by atoms with Gasteiger partial charge in [0.25, 0.3) is 5.56 Å². The van der Waals surface area contributed by atoms with Crippen molar-refractivity contribution in [3.05, 3.63) is 51.9 Å². The van der Waals surface area contributed by atoms with Gasteiger partial charge in [-0.1, -0.05) is 18.2 Å². The number of carboxylic acid groups (broad SMARTS) is 1. The number of aromatic nitrogens is 1. The molecule has 6 nitrogen and oxygen atoms in total. The van der Waals surface area contributed by atoms with E-state index in [0.717, 1.165) is 10.9 Å². The van der Waals surface area contributed by atoms with Crippen LogP contribution in [-0.4, -0.2) is 21.6 Å². The summed E-state index contributed by atoms with van der Waals surface area (Å²) in [5.74, 6) is -1.81. The molecule has 0 spiro atoms. The summed E-state index contributed by atoms with van der Waals surface area (Å²) in [4.78, 5) is 34.7. The zero-order valence-corrected chi connectivity index (χ0v) is 12.3. The molecule has 2 aromatic rings. The Kier molecular flexibility index (Phi) is 4.41. The molecule has 0 saturated carbocycles. The normalized spacial score (nSPS) is 11.5. The molecule has 0 saturated heterocycles. The number of carboxylic acids is 1. The fraction of sp³-hybridized carbons (Fsp3) is 0.188. The molecule has 0 aliphatic heterocycles. The van der Waals surface area contributed by atoms with Crippen molar-refractivity contribution in [2.45, 2.75) is 20.4 Å². The molecule has 0 atom stereocenters. The number of hydrogen-bond donors (Lipinski definition) is 2. The van der Waals surface area contributed by atoms with Crippen molar-refractivity contribution in [2.24, 2.45) is 0 Å². The highest BCUT2D eigenvalue weighted by Crippen LogP contribution is 2.14. The lowest BCUT2D eigenvalue weighted by Gasteiger charge is -2.10. The first-order chi connectivity index (χ1) is 10.4. The summed E-state index contributed by atoms with van der Waals surface area (Å²) < 4.78 is 1.56. The fourth-order valence-corrected chi connectivity index (χ4v) is 2.26. The van der Waals surface area contributed by atoms with Crippen LogP contribution in [0.2, 0.25) is 0 Å². The van der Waals surface area contributed by atoms with E-state index < -0.39 is 11.9 Å². The average molecular weight is 300 g/mol. The number of hydrogen-bond acceptors (Lipinski definition) is 3. The van der Waals surface area contributed by atoms with Gasteiger partial charge in [0.2, 0.25) is 5.91 Å². The topological polar surface area (TPSA) is 88.4 Å². The first kappa shape index (κ1) is 15.5. The van der Waals surface area contributed by atoms with Crippen LogP contribution in [0.4, 0.5) is 0 Å². The highest BCUT2D eigenvalue weighted by atomic mass is 16.4. The summed E-state index contributed by atoms with van der Waals surface area (Å²) in [6, 6.07) is 8.97. The predicted molar refractivity (Wildman–Crippen MR) is 83.3 cm³/mol. The van der Waals surface area contributed by atoms with E-state index >= 15 is 0 Å². The number of aliphatic carboxylic acids is 1. The molecule has 1 heterocycles. The van der Waals surface area contributed by atoms with Crippen molar-refractivity contribution >= 4 is 28.9 Å². The number of carbonyl (C=O) groups excluding carboxylic acids is 1. The number of fused-ring (bicyclic) bond motifs is 1. The van der Waals surface area contributed by atoms with Gasteiger partial charge in [0.1, 0.15) is 5.70 Å². The molecule has 1 aromatic heterocycles. The van der Waals surface area contributed by atoms with Gasteiger partial charge in [-0.15, -0.1) is 0 Å². The third-order valence-electron chi connectivity index (χ3n) is 3.19. The number of nitrogens with one attached hydrogen (secondary N) is 1. The maximum absolute atomic E-state index is 12.5. The first-order valence-electron chi connectivity index (χ1n) is 6.79. The molecular formula is C16H16N2O4. The Morgan fingerprint density at radius 2 is 2.00 bits per heavy atom. The molecule has 0 aliphatic rings. The van der Waals surface area contributed by atoms with Crippen LogP contribution in [0.25, 0.3) is 17.0 Å². The average Bonchev–Trinajstić information content (AvgIpc) is 2.46. The van der Waals surface area contributed by atoms with Crippen LogP contribution in [-0.2, 0) is 16.1 Å². The van der Waals surface area contributed by atoms with E-state index in [0.29, 0.717) is 6.54 Å². The van der Waals surface area contributed by atoms with Crippen molar-refractivity contribution in [2.75, 3.05) is 0 Å². The number of nitrogens with zero attached hydrogens (tertiary/aromatic N) is 1. The molecule has 22 heavy (non-hydrogen) atoms. The van der Waals surface area contributed by atoms with Gasteiger partial charge in [-0.2, -0.15) is 0 Å². The van der Waals surface area contributed by atoms with Gasteiger partial charge in [-0.3, -0.25) is 9.59 Å². The van der Waals surface area contributed by atoms with Gasteiger partial charge >= 0.3 is 5.97 Å². The Morgan fingerprint density at radius 1 is 1.32 bits per heavy atom. The quantitative estimate of drug-likeness (QED) is 0.839. The monoisotopic (exact) mass is 300 g/mol. The summed E-state index contributed by atoms with van der Waals surface area (Å²) in [6.45, 7) is 3.51. The van der Waals surface area contributed by atoms with Gasteiger partial charge < -0.3 is 15.0 Å². The lowest BCUT2D eigenvalue weighted by atomic mass is 10.1. The van der Waals surface area contributed by atoms with E-state index in [4.69, 9.17) is 5.11 Å². The lowest BCUT2D eigenvalue weighted by Crippen LogP contribution is -2.26. The predicted octanol–water partition coefficient (Wildman–Crippen LogP) is 1.58. The van der Waals surface area contributed by atoms with E-state index in [1.165, 1.54) is 13.0 Å². The maximum Gasteiger partial charge on any atom is 0.352 e. The second kappa shape index (κ2) is 6.26. The van der Waals surface area contributed by atoms with Crippen LogP contribution in [0.15, 0.2) is 40.8 Å². The third-order valence-corrected chi connectivity index (χ3v) is 3.19. The second-order valence-electron chi connectivity index (χ2n) is 4.75. The maximum atomic E-state index is 12.5. The number of amides is 1. The van der Waals surface area contributed by atoms with Crippen LogP contribution in [0.3, 0.4) is 0 Å². The van der Waals surface area contributed by atoms with Crippen molar-refractivity contribution in [1.29, 1.82) is 0 Å². The van der Waals surface area contributed by atoms with Gasteiger partial charge in [-0.05, 0) is 30.5 Å². The van der Waals surface area contributed by atoms with E-state index in [2.05, 4.69) is 5.32 Å². The van der Waals surface area contributed by atoms with E-state index in [-0.39, 0.29) is 16.8 Å². The molecule has 2 N–H and O–H groups in total. The number of pyridine rings is 1. The van der Waals surface area contributed by atoms with Gasteiger partial charge in [0.15, 0.2) is 0 Å². The second-order valence-corrected chi connectivity index (χ2v) is 4.75. The van der Waals surface area contributed by atoms with Crippen LogP contribution >= 0.6 is 0 Å². The van der Waals surface area contributed by atoms with Gasteiger partial charge in [0, 0.05) is 19.0 Å². The highest BCUT2D eigenvalue weighted by molar-refractivity contribution is 5.96. The van der Waals surface area contributed by atoms with Crippen molar-refractivity contribution in [1.82, 2.24) is 9.88 Å². The Morgan fingerprint density at radius 3 is 2.59 bits per heavy atom. The van der Waals surface area contributed by atoms with Gasteiger partial charge in [-0.25, -0.2) is 4.79 Å². The number of para-hydroxylation sites is 1. The number of carbonyl (C=O) groups is 2. The first-order valence-corrected chi connectivity index (χ1v) is 6.79. The smallest absolute Gasteiger partial charge is 0.352 e. The molecule has 6 heteroatoms. The summed E-state index contributed by atoms with van der Waals surface area (Å²) >= 11 is 0. The Labute approximate surface area is 126 Å². The largest absolute Gasteiger partial charge is 0.477 e. The lowest BCUT2D eigenvalue weighted by molar-refractivity contribution is -0.134. The zero-order valence-electron chi connectivity index (χ0n) is 12.3. The van der Waals surface area contributed by atoms with Crippen LogP contribution < -0.4 is 10.9 Å². The molecule has 0 fully saturated rings. The molecule has 114 valence electrons. The van der Waals surface area contributed by atoms with Crippen molar-refractivity contribution in [3.8, 4) is 0 Å². The molecule has 1 amide bonds. The standard InChI is InChI=1S/C16H16N2O4/c1-3-18-14-7-5-4-6-11(14)8-12(15(18)20)9-13(16(21)22)17-10(2)19/h4-9H,3H2,1-2H3,(H,17,19)(H,21,22)/b13-9-. The van der Waals surface area contributed by atoms with Crippen LogP contribution in [0.5, 0.6) is 0 Å². The summed E-state index contributed by atoms with van der Waals surface area (Å²) in [7, 11) is 0. The molecular weight excluding hydrogens is 284 g/mol. The van der Waals surface area contributed by atoms with E-state index in [1.54, 1.807) is 10.6 Å². The number of benzene rings is 1. The number of aryl methyl sites for hydroxylation is 1. The minimum atomic E-state index is -1.30. The molecule has 0 radical (unpaired) electrons. The number of rotatable bonds is 4. The van der Waals surface area contributed by atoms with Crippen LogP contribution in [0.1, 0.15) is 19.4 Å². The Balaban J connectivity index is 2.69. The minimum Gasteiger partial charge on any atom is -0.477 e. The van der Waals surface area contributed by atoms with Gasteiger partial charge in [0.05, 0.1) is 5.52 Å². The molecule has 1 aromatic carbocycles. The van der Waals surface area contributed by atoms with Crippen LogP contribution in [0, 0.1) is 0 Å². The van der Waals surface area contributed by atoms with E-state index in [1.807, 2.05) is 31.2 Å². The van der Waals surface area contributed by atoms with Crippen molar-refractivity contribution < 1.29 is 14.7 Å². The molecule has 2 rings (SSSR count). The molecule has 0 unspecified atom stereocenters. The summed E-state index contributed by atoms with van der Waals surface area (Å²) in [5, 5.41) is 12.2. The SMILES string of the molecule is CCn1c(=O)c(/C=C(\NC(C)=O)C(=O)O)cc2ccccc21. The molecule has 0 bridgehead atoms. The third kappa shape index (κ3) is 3.06. The summed E-state index contributed by atoms with van der Waals surface area (Å²) in [6.07, 6.45) is 1.19. The summed E-state index contributed by atoms with van der Waals surface area (Å²) in [5.41, 5.74) is 0.364. The molecule has 0 aliphatic carbocycles. The van der Waals surface area contributed by atoms with E-state index in [9.17, 15) is 14.4 Å². The zero-order chi connectivity index (χ0) is 16.3. The Bertz CT molecular complexity index is 834.